The standard InChI is InChI=1S/C14H12N4O3/c19-9-2-1-4-10-5-3-6-12(15-10)16-14(21)11-7-8-13(20)18-17-11/h3,5-8,19H,2,9H2,(H,18,20)(H,15,16,21). The molecule has 0 fully saturated rings. The first-order valence-corrected chi connectivity index (χ1v) is 6.13. The fourth-order valence-electron chi connectivity index (χ4n) is 1.43. The summed E-state index contributed by atoms with van der Waals surface area (Å²) in [7, 11) is 0. The third kappa shape index (κ3) is 4.26. The highest BCUT2D eigenvalue weighted by atomic mass is 16.2. The van der Waals surface area contributed by atoms with Gasteiger partial charge in [0, 0.05) is 12.5 Å². The lowest BCUT2D eigenvalue weighted by Gasteiger charge is -2.03. The zero-order valence-electron chi connectivity index (χ0n) is 11.0. The lowest BCUT2D eigenvalue weighted by Crippen LogP contribution is -2.18. The number of nitrogens with zero attached hydrogens (tertiary/aromatic N) is 2. The second-order valence-corrected chi connectivity index (χ2v) is 3.94. The quantitative estimate of drug-likeness (QED) is 0.695. The van der Waals surface area contributed by atoms with Crippen LogP contribution in [0.4, 0.5) is 5.82 Å². The van der Waals surface area contributed by atoms with Gasteiger partial charge in [0.05, 0.1) is 6.61 Å². The van der Waals surface area contributed by atoms with Gasteiger partial charge >= 0.3 is 0 Å². The summed E-state index contributed by atoms with van der Waals surface area (Å²) in [6, 6.07) is 7.54. The van der Waals surface area contributed by atoms with Crippen molar-refractivity contribution >= 4 is 11.7 Å². The summed E-state index contributed by atoms with van der Waals surface area (Å²) >= 11 is 0. The van der Waals surface area contributed by atoms with Gasteiger partial charge in [-0.1, -0.05) is 12.0 Å². The van der Waals surface area contributed by atoms with Crippen molar-refractivity contribution in [3.63, 3.8) is 0 Å². The number of H-pyrrole nitrogens is 1. The summed E-state index contributed by atoms with van der Waals surface area (Å²) in [6.45, 7) is -0.0126. The molecular weight excluding hydrogens is 272 g/mol. The van der Waals surface area contributed by atoms with Crippen molar-refractivity contribution in [2.75, 3.05) is 11.9 Å². The summed E-state index contributed by atoms with van der Waals surface area (Å²) in [5.74, 6) is 5.35. The molecule has 2 aromatic heterocycles. The van der Waals surface area contributed by atoms with Crippen LogP contribution in [0, 0.1) is 11.8 Å². The number of hydrogen-bond acceptors (Lipinski definition) is 5. The van der Waals surface area contributed by atoms with Crippen molar-refractivity contribution in [2.24, 2.45) is 0 Å². The second-order valence-electron chi connectivity index (χ2n) is 3.94. The summed E-state index contributed by atoms with van der Waals surface area (Å²) in [6.07, 6.45) is 0.361. The second kappa shape index (κ2) is 6.98. The number of amides is 1. The van der Waals surface area contributed by atoms with Crippen molar-refractivity contribution in [2.45, 2.75) is 6.42 Å². The molecule has 0 unspecified atom stereocenters. The minimum absolute atomic E-state index is 0.0126. The van der Waals surface area contributed by atoms with Crippen LogP contribution < -0.4 is 10.9 Å². The maximum atomic E-state index is 11.9. The molecule has 0 saturated carbocycles. The molecule has 0 aliphatic heterocycles. The minimum atomic E-state index is -0.487. The number of pyridine rings is 1. The molecule has 0 spiro atoms. The van der Waals surface area contributed by atoms with Gasteiger partial charge in [0.1, 0.15) is 17.2 Å². The molecule has 0 aromatic carbocycles. The average Bonchev–Trinajstić information content (AvgIpc) is 2.48. The molecule has 0 atom stereocenters. The molecule has 3 N–H and O–H groups in total. The largest absolute Gasteiger partial charge is 0.395 e. The molecular formula is C14H12N4O3. The van der Waals surface area contributed by atoms with Crippen LogP contribution in [-0.2, 0) is 0 Å². The van der Waals surface area contributed by atoms with Gasteiger partial charge in [0.25, 0.3) is 11.5 Å². The molecule has 7 nitrogen and oxygen atoms in total. The Kier molecular flexibility index (Phi) is 4.79. The van der Waals surface area contributed by atoms with Crippen molar-refractivity contribution in [1.29, 1.82) is 0 Å². The van der Waals surface area contributed by atoms with Gasteiger partial charge in [0.2, 0.25) is 0 Å². The lowest BCUT2D eigenvalue weighted by molar-refractivity contribution is 0.102. The first-order valence-electron chi connectivity index (χ1n) is 6.13. The lowest BCUT2D eigenvalue weighted by atomic mass is 10.3. The van der Waals surface area contributed by atoms with E-state index in [1.807, 2.05) is 0 Å². The van der Waals surface area contributed by atoms with Crippen LogP contribution in [0.25, 0.3) is 0 Å². The van der Waals surface area contributed by atoms with Crippen molar-refractivity contribution in [1.82, 2.24) is 15.2 Å². The highest BCUT2D eigenvalue weighted by Crippen LogP contribution is 2.05. The van der Waals surface area contributed by atoms with E-state index in [0.717, 1.165) is 0 Å². The molecule has 7 heteroatoms. The summed E-state index contributed by atoms with van der Waals surface area (Å²) in [5, 5.41) is 17.0. The maximum absolute atomic E-state index is 11.9. The zero-order valence-corrected chi connectivity index (χ0v) is 11.0. The number of carbonyl (C=O) groups excluding carboxylic acids is 1. The molecule has 2 rings (SSSR count). The smallest absolute Gasteiger partial charge is 0.277 e. The molecule has 106 valence electrons. The van der Waals surface area contributed by atoms with Gasteiger partial charge in [-0.3, -0.25) is 9.59 Å². The van der Waals surface area contributed by atoms with E-state index in [4.69, 9.17) is 5.11 Å². The van der Waals surface area contributed by atoms with E-state index in [2.05, 4.69) is 32.3 Å². The number of anilines is 1. The third-order valence-electron chi connectivity index (χ3n) is 2.36. The van der Waals surface area contributed by atoms with Gasteiger partial charge in [-0.15, -0.1) is 0 Å². The fraction of sp³-hybridized carbons (Fsp3) is 0.143. The minimum Gasteiger partial charge on any atom is -0.395 e. The van der Waals surface area contributed by atoms with Crippen LogP contribution in [0.3, 0.4) is 0 Å². The highest BCUT2D eigenvalue weighted by Gasteiger charge is 2.08. The van der Waals surface area contributed by atoms with Crippen LogP contribution in [-0.4, -0.2) is 32.8 Å². The van der Waals surface area contributed by atoms with Gasteiger partial charge < -0.3 is 10.4 Å². The Bertz CT molecular complexity index is 738. The number of aromatic nitrogens is 3. The Morgan fingerprint density at radius 2 is 2.19 bits per heavy atom. The number of aromatic amines is 1. The molecule has 2 aromatic rings. The molecule has 21 heavy (non-hydrogen) atoms. The van der Waals surface area contributed by atoms with Gasteiger partial charge in [-0.25, -0.2) is 10.1 Å². The van der Waals surface area contributed by atoms with E-state index in [-0.39, 0.29) is 17.9 Å². The number of nitrogens with one attached hydrogen (secondary N) is 2. The monoisotopic (exact) mass is 284 g/mol. The van der Waals surface area contributed by atoms with Crippen molar-refractivity contribution in [3.05, 3.63) is 52.1 Å². The predicted octanol–water partition coefficient (Wildman–Crippen LogP) is 0.151. The number of carbonyl (C=O) groups is 1. The molecule has 0 radical (unpaired) electrons. The van der Waals surface area contributed by atoms with Crippen molar-refractivity contribution in [3.8, 4) is 11.8 Å². The Morgan fingerprint density at radius 3 is 2.90 bits per heavy atom. The Morgan fingerprint density at radius 1 is 1.33 bits per heavy atom. The number of aliphatic hydroxyl groups excluding tert-OH is 1. The van der Waals surface area contributed by atoms with E-state index < -0.39 is 5.91 Å². The van der Waals surface area contributed by atoms with E-state index in [1.165, 1.54) is 12.1 Å². The first kappa shape index (κ1) is 14.4. The van der Waals surface area contributed by atoms with E-state index in [1.54, 1.807) is 18.2 Å². The Hall–Kier alpha value is -2.98. The SMILES string of the molecule is O=C(Nc1cccc(C#CCCO)n1)c1ccc(=O)[nH]n1. The first-order chi connectivity index (χ1) is 10.2. The van der Waals surface area contributed by atoms with E-state index >= 15 is 0 Å². The van der Waals surface area contributed by atoms with Crippen molar-refractivity contribution < 1.29 is 9.90 Å². The normalized spacial score (nSPS) is 9.57. The molecule has 0 bridgehead atoms. The van der Waals surface area contributed by atoms with Crippen LogP contribution >= 0.6 is 0 Å². The van der Waals surface area contributed by atoms with Gasteiger partial charge in [-0.2, -0.15) is 5.10 Å². The topological polar surface area (TPSA) is 108 Å². The van der Waals surface area contributed by atoms with Gasteiger partial charge in [-0.05, 0) is 24.1 Å². The summed E-state index contributed by atoms with van der Waals surface area (Å²) < 4.78 is 0. The number of aliphatic hydroxyl groups is 1. The summed E-state index contributed by atoms with van der Waals surface area (Å²) in [4.78, 5) is 26.9. The van der Waals surface area contributed by atoms with Crippen LogP contribution in [0.2, 0.25) is 0 Å². The Labute approximate surface area is 120 Å². The van der Waals surface area contributed by atoms with E-state index in [9.17, 15) is 9.59 Å². The summed E-state index contributed by atoms with van der Waals surface area (Å²) in [5.41, 5.74) is 0.176. The Balaban J connectivity index is 2.11. The highest BCUT2D eigenvalue weighted by molar-refractivity contribution is 6.02. The molecule has 2 heterocycles. The molecule has 0 aliphatic carbocycles. The van der Waals surface area contributed by atoms with E-state index in [0.29, 0.717) is 17.9 Å². The molecule has 1 amide bonds. The fourth-order valence-corrected chi connectivity index (χ4v) is 1.43. The van der Waals surface area contributed by atoms with Crippen LogP contribution in [0.1, 0.15) is 22.6 Å². The molecule has 0 saturated heterocycles. The number of rotatable bonds is 3. The molecule has 0 aliphatic rings. The van der Waals surface area contributed by atoms with Crippen LogP contribution in [0.15, 0.2) is 35.1 Å². The van der Waals surface area contributed by atoms with Crippen LogP contribution in [0.5, 0.6) is 0 Å². The average molecular weight is 284 g/mol. The predicted molar refractivity (Wildman–Crippen MR) is 75.6 cm³/mol. The zero-order chi connectivity index (χ0) is 15.1. The number of hydrogen-bond donors (Lipinski definition) is 3. The van der Waals surface area contributed by atoms with Gasteiger partial charge in [0.15, 0.2) is 0 Å². The third-order valence-corrected chi connectivity index (χ3v) is 2.36. The maximum Gasteiger partial charge on any atom is 0.277 e.